The van der Waals surface area contributed by atoms with Gasteiger partial charge in [-0.25, -0.2) is 8.78 Å². The van der Waals surface area contributed by atoms with E-state index in [1.807, 2.05) is 20.8 Å². The molecule has 0 saturated heterocycles. The summed E-state index contributed by atoms with van der Waals surface area (Å²) in [6, 6.07) is 3.12. The Hall–Kier alpha value is -1.29. The predicted molar refractivity (Wildman–Crippen MR) is 69.9 cm³/mol. The van der Waals surface area contributed by atoms with Crippen molar-refractivity contribution in [2.24, 2.45) is 5.41 Å². The molecule has 0 fully saturated rings. The van der Waals surface area contributed by atoms with Crippen LogP contribution in [-0.2, 0) is 16.0 Å². The number of hydrogen-bond donors (Lipinski definition) is 0. The maximum Gasteiger partial charge on any atom is 0.166 e. The first kappa shape index (κ1) is 15.8. The van der Waals surface area contributed by atoms with Gasteiger partial charge in [-0.15, -0.1) is 0 Å². The molecule has 1 aromatic rings. The molecule has 0 aliphatic heterocycles. The largest absolute Gasteiger partial charge is 0.370 e. The summed E-state index contributed by atoms with van der Waals surface area (Å²) in [4.78, 5) is 12.2. The van der Waals surface area contributed by atoms with E-state index < -0.39 is 17.7 Å². The molecule has 0 aliphatic carbocycles. The van der Waals surface area contributed by atoms with Crippen LogP contribution in [0.1, 0.15) is 33.3 Å². The minimum absolute atomic E-state index is 0.0685. The molecular formula is C15H20F2O2. The maximum atomic E-state index is 13.5. The molecule has 1 unspecified atom stereocenters. The van der Waals surface area contributed by atoms with Crippen molar-refractivity contribution in [3.63, 3.8) is 0 Å². The number of Topliss-reactive ketones (excluding diaryl/α,β-unsaturated/α-hetero) is 1. The van der Waals surface area contributed by atoms with Gasteiger partial charge in [0.1, 0.15) is 17.7 Å². The van der Waals surface area contributed by atoms with E-state index in [9.17, 15) is 13.6 Å². The van der Waals surface area contributed by atoms with Crippen LogP contribution in [0, 0.1) is 17.0 Å². The fraction of sp³-hybridized carbons (Fsp3) is 0.533. The van der Waals surface area contributed by atoms with Gasteiger partial charge in [0.05, 0.1) is 0 Å². The third-order valence-corrected chi connectivity index (χ3v) is 2.78. The highest BCUT2D eigenvalue weighted by molar-refractivity contribution is 5.86. The van der Waals surface area contributed by atoms with E-state index in [1.54, 1.807) is 6.92 Å². The lowest BCUT2D eigenvalue weighted by Gasteiger charge is -2.29. The molecule has 2 nitrogen and oxygen atoms in total. The molecule has 1 atom stereocenters. The number of carbonyl (C=O) groups is 1. The topological polar surface area (TPSA) is 26.3 Å². The molecule has 0 aliphatic rings. The van der Waals surface area contributed by atoms with E-state index in [0.717, 1.165) is 18.2 Å². The number of rotatable bonds is 5. The first-order valence-corrected chi connectivity index (χ1v) is 6.34. The Kier molecular flexibility index (Phi) is 5.18. The fourth-order valence-corrected chi connectivity index (χ4v) is 1.95. The van der Waals surface area contributed by atoms with Gasteiger partial charge in [-0.2, -0.15) is 0 Å². The smallest absolute Gasteiger partial charge is 0.166 e. The van der Waals surface area contributed by atoms with Crippen LogP contribution < -0.4 is 0 Å². The summed E-state index contributed by atoms with van der Waals surface area (Å²) in [5.74, 6) is -1.36. The third-order valence-electron chi connectivity index (χ3n) is 2.78. The van der Waals surface area contributed by atoms with Gasteiger partial charge in [-0.1, -0.05) is 20.8 Å². The van der Waals surface area contributed by atoms with E-state index in [2.05, 4.69) is 0 Å². The normalized spacial score (nSPS) is 13.4. The summed E-state index contributed by atoms with van der Waals surface area (Å²) in [6.07, 6.45) is -0.786. The van der Waals surface area contributed by atoms with Gasteiger partial charge in [-0.05, 0) is 36.1 Å². The average Bonchev–Trinajstić information content (AvgIpc) is 2.29. The number of hydrogen-bond acceptors (Lipinski definition) is 2. The number of benzene rings is 1. The van der Waals surface area contributed by atoms with Crippen molar-refractivity contribution in [2.75, 3.05) is 6.61 Å². The second-order valence-corrected chi connectivity index (χ2v) is 5.58. The zero-order chi connectivity index (χ0) is 14.6. The summed E-state index contributed by atoms with van der Waals surface area (Å²) < 4.78 is 32.0. The number of halogens is 2. The molecule has 4 heteroatoms. The van der Waals surface area contributed by atoms with Gasteiger partial charge in [0.25, 0.3) is 0 Å². The molecule has 106 valence electrons. The first-order valence-electron chi connectivity index (χ1n) is 6.34. The number of ketones is 1. The van der Waals surface area contributed by atoms with Gasteiger partial charge < -0.3 is 4.74 Å². The molecule has 0 N–H and O–H groups in total. The van der Waals surface area contributed by atoms with Crippen LogP contribution in [0.25, 0.3) is 0 Å². The van der Waals surface area contributed by atoms with Crippen molar-refractivity contribution in [3.8, 4) is 0 Å². The van der Waals surface area contributed by atoms with Gasteiger partial charge in [-0.3, -0.25) is 4.79 Å². The molecule has 0 saturated carbocycles. The standard InChI is InChI=1S/C15H20F2O2/c1-5-19-14(15(2,3)4)13(18)9-10-8-11(16)6-7-12(10)17/h6-8,14H,5,9H2,1-4H3. The predicted octanol–water partition coefficient (Wildman–Crippen LogP) is 3.53. The third kappa shape index (κ3) is 4.39. The van der Waals surface area contributed by atoms with E-state index in [-0.39, 0.29) is 23.2 Å². The van der Waals surface area contributed by atoms with Crippen molar-refractivity contribution in [3.05, 3.63) is 35.4 Å². The monoisotopic (exact) mass is 270 g/mol. The molecule has 0 radical (unpaired) electrons. The van der Waals surface area contributed by atoms with Crippen molar-refractivity contribution in [1.29, 1.82) is 0 Å². The Morgan fingerprint density at radius 2 is 1.95 bits per heavy atom. The lowest BCUT2D eigenvalue weighted by Crippen LogP contribution is -2.38. The summed E-state index contributed by atoms with van der Waals surface area (Å²) in [5, 5.41) is 0. The highest BCUT2D eigenvalue weighted by Crippen LogP contribution is 2.25. The lowest BCUT2D eigenvalue weighted by molar-refractivity contribution is -0.136. The highest BCUT2D eigenvalue weighted by atomic mass is 19.1. The highest BCUT2D eigenvalue weighted by Gasteiger charge is 2.32. The van der Waals surface area contributed by atoms with Crippen molar-refractivity contribution < 1.29 is 18.3 Å². The molecule has 1 aromatic carbocycles. The van der Waals surface area contributed by atoms with Crippen molar-refractivity contribution >= 4 is 5.78 Å². The SMILES string of the molecule is CCOC(C(=O)Cc1cc(F)ccc1F)C(C)(C)C. The summed E-state index contributed by atoms with van der Waals surface area (Å²) >= 11 is 0. The van der Waals surface area contributed by atoms with Crippen LogP contribution in [0.5, 0.6) is 0 Å². The maximum absolute atomic E-state index is 13.5. The van der Waals surface area contributed by atoms with E-state index >= 15 is 0 Å². The molecule has 0 spiro atoms. The van der Waals surface area contributed by atoms with Crippen molar-refractivity contribution in [1.82, 2.24) is 0 Å². The second kappa shape index (κ2) is 6.24. The van der Waals surface area contributed by atoms with E-state index in [4.69, 9.17) is 4.74 Å². The summed E-state index contributed by atoms with van der Waals surface area (Å²) in [5.41, 5.74) is -0.310. The fourth-order valence-electron chi connectivity index (χ4n) is 1.95. The number of carbonyl (C=O) groups excluding carboxylic acids is 1. The van der Waals surface area contributed by atoms with Crippen LogP contribution in [0.4, 0.5) is 8.78 Å². The Balaban J connectivity index is 2.90. The van der Waals surface area contributed by atoms with E-state index in [0.29, 0.717) is 6.61 Å². The quantitative estimate of drug-likeness (QED) is 0.818. The lowest BCUT2D eigenvalue weighted by atomic mass is 9.84. The van der Waals surface area contributed by atoms with E-state index in [1.165, 1.54) is 0 Å². The van der Waals surface area contributed by atoms with Crippen LogP contribution in [0.2, 0.25) is 0 Å². The molecule has 1 rings (SSSR count). The van der Waals surface area contributed by atoms with Gasteiger partial charge >= 0.3 is 0 Å². The Morgan fingerprint density at radius 1 is 1.32 bits per heavy atom. The second-order valence-electron chi connectivity index (χ2n) is 5.58. The average molecular weight is 270 g/mol. The number of ether oxygens (including phenoxy) is 1. The van der Waals surface area contributed by atoms with Crippen LogP contribution in [0.3, 0.4) is 0 Å². The molecular weight excluding hydrogens is 250 g/mol. The van der Waals surface area contributed by atoms with Crippen LogP contribution in [-0.4, -0.2) is 18.5 Å². The van der Waals surface area contributed by atoms with Crippen LogP contribution >= 0.6 is 0 Å². The van der Waals surface area contributed by atoms with Crippen LogP contribution in [0.15, 0.2) is 18.2 Å². The molecule has 0 bridgehead atoms. The first-order chi connectivity index (χ1) is 8.75. The van der Waals surface area contributed by atoms with Gasteiger partial charge in [0.15, 0.2) is 5.78 Å². The Labute approximate surface area is 112 Å². The Morgan fingerprint density at radius 3 is 2.47 bits per heavy atom. The minimum atomic E-state index is -0.625. The summed E-state index contributed by atoms with van der Waals surface area (Å²) in [7, 11) is 0. The molecule has 19 heavy (non-hydrogen) atoms. The van der Waals surface area contributed by atoms with Gasteiger partial charge in [0.2, 0.25) is 0 Å². The minimum Gasteiger partial charge on any atom is -0.370 e. The zero-order valence-corrected chi connectivity index (χ0v) is 11.8. The molecule has 0 amide bonds. The molecule has 0 aromatic heterocycles. The zero-order valence-electron chi connectivity index (χ0n) is 11.8. The summed E-state index contributed by atoms with van der Waals surface area (Å²) in [6.45, 7) is 7.85. The van der Waals surface area contributed by atoms with Crippen molar-refractivity contribution in [2.45, 2.75) is 40.2 Å². The Bertz CT molecular complexity index is 450. The van der Waals surface area contributed by atoms with Gasteiger partial charge in [0, 0.05) is 13.0 Å². The molecule has 0 heterocycles.